The van der Waals surface area contributed by atoms with Crippen LogP contribution in [0.4, 0.5) is 5.82 Å². The van der Waals surface area contributed by atoms with Crippen LogP contribution in [0.3, 0.4) is 0 Å². The Balaban J connectivity index is 1.40. The van der Waals surface area contributed by atoms with Crippen LogP contribution in [0.15, 0.2) is 47.2 Å². The predicted molar refractivity (Wildman–Crippen MR) is 107 cm³/mol. The van der Waals surface area contributed by atoms with Gasteiger partial charge < -0.3 is 23.8 Å². The molecule has 0 aliphatic carbocycles. The first-order chi connectivity index (χ1) is 14.9. The van der Waals surface area contributed by atoms with Crippen LogP contribution < -0.4 is 15.0 Å². The highest BCUT2D eigenvalue weighted by Gasteiger charge is 2.21. The van der Waals surface area contributed by atoms with Crippen molar-refractivity contribution in [3.63, 3.8) is 0 Å². The minimum Gasteiger partial charge on any atom is -0.477 e. The van der Waals surface area contributed by atoms with Crippen molar-refractivity contribution >= 4 is 13.6 Å². The molecule has 1 saturated heterocycles. The SMILES string of the molecule is Nc1c(-c2cc(Cc3ccc(OCC4COC4)nc3)no2)ccc[n+]1COP(=O)(O)O. The van der Waals surface area contributed by atoms with E-state index in [4.69, 9.17) is 29.5 Å². The molecule has 4 rings (SSSR count). The standard InChI is InChI=1S/C19H21N4O7P/c20-19-16(2-1-5-23(19)12-29-31(24,25)26)17-7-15(22-30-17)6-13-3-4-18(21-8-13)28-11-14-9-27-10-14/h1-5,7-8,14,20H,6,9-12H2,(H2,24,25,26)/p+1. The molecule has 0 radical (unpaired) electrons. The van der Waals surface area contributed by atoms with E-state index in [-0.39, 0.29) is 5.82 Å². The van der Waals surface area contributed by atoms with Crippen LogP contribution in [0.5, 0.6) is 5.88 Å². The Kier molecular flexibility index (Phi) is 6.30. The Morgan fingerprint density at radius 1 is 1.29 bits per heavy atom. The van der Waals surface area contributed by atoms with Gasteiger partial charge in [0.05, 0.1) is 31.7 Å². The highest BCUT2D eigenvalue weighted by molar-refractivity contribution is 7.46. The number of hydrogen-bond acceptors (Lipinski definition) is 8. The second kappa shape index (κ2) is 9.13. The van der Waals surface area contributed by atoms with E-state index in [0.717, 1.165) is 18.8 Å². The molecule has 12 heteroatoms. The number of phosphoric ester groups is 1. The zero-order chi connectivity index (χ0) is 21.8. The quantitative estimate of drug-likeness (QED) is 0.321. The maximum absolute atomic E-state index is 10.9. The summed E-state index contributed by atoms with van der Waals surface area (Å²) in [6.07, 6.45) is 3.77. The number of hydrogen-bond donors (Lipinski definition) is 3. The van der Waals surface area contributed by atoms with Crippen molar-refractivity contribution in [2.24, 2.45) is 5.92 Å². The number of anilines is 1. The van der Waals surface area contributed by atoms with E-state index >= 15 is 0 Å². The summed E-state index contributed by atoms with van der Waals surface area (Å²) in [4.78, 5) is 22.1. The van der Waals surface area contributed by atoms with Gasteiger partial charge in [0, 0.05) is 30.7 Å². The van der Waals surface area contributed by atoms with Crippen LogP contribution in [0.2, 0.25) is 0 Å². The van der Waals surface area contributed by atoms with Crippen molar-refractivity contribution in [2.75, 3.05) is 25.6 Å². The molecule has 0 unspecified atom stereocenters. The third kappa shape index (κ3) is 5.66. The minimum atomic E-state index is -4.62. The minimum absolute atomic E-state index is 0.221. The second-order valence-corrected chi connectivity index (χ2v) is 8.34. The molecule has 4 N–H and O–H groups in total. The number of pyridine rings is 2. The fraction of sp³-hybridized carbons (Fsp3) is 0.316. The summed E-state index contributed by atoms with van der Waals surface area (Å²) in [7, 11) is -4.62. The van der Waals surface area contributed by atoms with Crippen LogP contribution in [0, 0.1) is 5.92 Å². The average molecular weight is 449 g/mol. The van der Waals surface area contributed by atoms with Crippen LogP contribution in [-0.2, 0) is 27.0 Å². The van der Waals surface area contributed by atoms with Gasteiger partial charge >= 0.3 is 7.82 Å². The molecule has 1 aliphatic rings. The van der Waals surface area contributed by atoms with E-state index in [0.29, 0.717) is 41.8 Å². The number of ether oxygens (including phenoxy) is 2. The fourth-order valence-electron chi connectivity index (χ4n) is 2.94. The monoisotopic (exact) mass is 449 g/mol. The van der Waals surface area contributed by atoms with Crippen LogP contribution >= 0.6 is 7.82 Å². The fourth-order valence-corrected chi connectivity index (χ4v) is 3.21. The number of rotatable bonds is 9. The topological polar surface area (TPSA) is 154 Å². The second-order valence-electron chi connectivity index (χ2n) is 7.10. The maximum Gasteiger partial charge on any atom is 0.472 e. The van der Waals surface area contributed by atoms with Gasteiger partial charge in [0.2, 0.25) is 12.6 Å². The summed E-state index contributed by atoms with van der Waals surface area (Å²) in [5.41, 5.74) is 8.24. The van der Waals surface area contributed by atoms with Crippen molar-refractivity contribution in [3.8, 4) is 17.2 Å². The van der Waals surface area contributed by atoms with Crippen molar-refractivity contribution < 1.29 is 37.4 Å². The Morgan fingerprint density at radius 2 is 2.13 bits per heavy atom. The molecule has 0 saturated carbocycles. The van der Waals surface area contributed by atoms with E-state index in [1.807, 2.05) is 12.1 Å². The number of nitrogens with zero attached hydrogens (tertiary/aromatic N) is 3. The van der Waals surface area contributed by atoms with Crippen LogP contribution in [0.1, 0.15) is 11.3 Å². The first-order valence-corrected chi connectivity index (χ1v) is 11.0. The molecular weight excluding hydrogens is 427 g/mol. The van der Waals surface area contributed by atoms with Gasteiger partial charge in [-0.3, -0.25) is 5.73 Å². The van der Waals surface area contributed by atoms with E-state index in [1.54, 1.807) is 30.6 Å². The van der Waals surface area contributed by atoms with E-state index in [9.17, 15) is 4.57 Å². The molecule has 3 aromatic heterocycles. The third-order valence-corrected chi connectivity index (χ3v) is 5.11. The third-order valence-electron chi connectivity index (χ3n) is 4.66. The Morgan fingerprint density at radius 3 is 2.81 bits per heavy atom. The van der Waals surface area contributed by atoms with Crippen molar-refractivity contribution in [1.82, 2.24) is 10.1 Å². The maximum atomic E-state index is 10.9. The Bertz CT molecular complexity index is 1080. The molecule has 11 nitrogen and oxygen atoms in total. The zero-order valence-corrected chi connectivity index (χ0v) is 17.4. The lowest BCUT2D eigenvalue weighted by Gasteiger charge is -2.25. The molecule has 0 atom stereocenters. The van der Waals surface area contributed by atoms with Crippen molar-refractivity contribution in [3.05, 3.63) is 54.0 Å². The summed E-state index contributed by atoms with van der Waals surface area (Å²) in [5.74, 6) is 1.64. The van der Waals surface area contributed by atoms with Gasteiger partial charge in [0.1, 0.15) is 5.56 Å². The van der Waals surface area contributed by atoms with Gasteiger partial charge in [0.15, 0.2) is 5.76 Å². The highest BCUT2D eigenvalue weighted by atomic mass is 31.2. The summed E-state index contributed by atoms with van der Waals surface area (Å²) >= 11 is 0. The average Bonchev–Trinajstić information content (AvgIpc) is 3.15. The smallest absolute Gasteiger partial charge is 0.472 e. The summed E-state index contributed by atoms with van der Waals surface area (Å²) in [5, 5.41) is 4.08. The number of phosphoric acid groups is 1. The van der Waals surface area contributed by atoms with Gasteiger partial charge in [-0.15, -0.1) is 0 Å². The molecule has 0 amide bonds. The molecule has 3 aromatic rings. The molecule has 0 bridgehead atoms. The number of nitrogens with two attached hydrogens (primary N) is 1. The summed E-state index contributed by atoms with van der Waals surface area (Å²) in [6, 6.07) is 8.86. The predicted octanol–water partition coefficient (Wildman–Crippen LogP) is 1.29. The van der Waals surface area contributed by atoms with Crippen molar-refractivity contribution in [2.45, 2.75) is 13.2 Å². The normalized spacial score (nSPS) is 14.4. The molecule has 0 aromatic carbocycles. The largest absolute Gasteiger partial charge is 0.477 e. The highest BCUT2D eigenvalue weighted by Crippen LogP contribution is 2.35. The van der Waals surface area contributed by atoms with E-state index < -0.39 is 14.6 Å². The van der Waals surface area contributed by atoms with Gasteiger partial charge in [-0.2, -0.15) is 0 Å². The number of nitrogen functional groups attached to an aromatic ring is 1. The summed E-state index contributed by atoms with van der Waals surface area (Å²) in [6.45, 7) is 1.65. The van der Waals surface area contributed by atoms with Crippen molar-refractivity contribution in [1.29, 1.82) is 0 Å². The molecular formula is C19H22N4O7P+. The molecule has 164 valence electrons. The van der Waals surface area contributed by atoms with E-state index in [2.05, 4.69) is 14.7 Å². The van der Waals surface area contributed by atoms with Crippen LogP contribution in [0.25, 0.3) is 11.3 Å². The lowest BCUT2D eigenvalue weighted by atomic mass is 10.1. The molecule has 1 aliphatic heterocycles. The van der Waals surface area contributed by atoms with Gasteiger partial charge in [-0.05, 0) is 17.7 Å². The lowest BCUT2D eigenvalue weighted by molar-refractivity contribution is -0.711. The molecule has 31 heavy (non-hydrogen) atoms. The Hall–Kier alpha value is -2.82. The lowest BCUT2D eigenvalue weighted by Crippen LogP contribution is -2.38. The van der Waals surface area contributed by atoms with E-state index in [1.165, 1.54) is 4.57 Å². The number of aromatic nitrogens is 3. The molecule has 1 fully saturated rings. The Labute approximate surface area is 177 Å². The molecule has 0 spiro atoms. The zero-order valence-electron chi connectivity index (χ0n) is 16.5. The molecule has 4 heterocycles. The first-order valence-electron chi connectivity index (χ1n) is 9.47. The van der Waals surface area contributed by atoms with Crippen LogP contribution in [-0.4, -0.2) is 39.7 Å². The first kappa shape index (κ1) is 21.4. The van der Waals surface area contributed by atoms with Gasteiger partial charge in [-0.25, -0.2) is 18.6 Å². The van der Waals surface area contributed by atoms with Gasteiger partial charge in [-0.1, -0.05) is 11.2 Å². The van der Waals surface area contributed by atoms with Gasteiger partial charge in [0.25, 0.3) is 5.82 Å². The summed E-state index contributed by atoms with van der Waals surface area (Å²) < 4.78 is 33.0.